The van der Waals surface area contributed by atoms with Crippen LogP contribution in [-0.4, -0.2) is 4.98 Å². The zero-order valence-electron chi connectivity index (χ0n) is 9.28. The average molecular weight is 298 g/mol. The Kier molecular flexibility index (Phi) is 3.49. The van der Waals surface area contributed by atoms with Crippen molar-refractivity contribution in [2.45, 2.75) is 12.3 Å². The molecule has 2 rings (SSSR count). The van der Waals surface area contributed by atoms with Gasteiger partial charge in [0.05, 0.1) is 11.8 Å². The third-order valence-electron chi connectivity index (χ3n) is 2.32. The second-order valence-electron chi connectivity index (χ2n) is 3.62. The van der Waals surface area contributed by atoms with Crippen molar-refractivity contribution in [2.24, 2.45) is 0 Å². The molecule has 1 aromatic heterocycles. The molecule has 1 unspecified atom stereocenters. The molecule has 0 spiro atoms. The predicted molar refractivity (Wildman–Crippen MR) is 56.0 cm³/mol. The van der Waals surface area contributed by atoms with E-state index in [1.54, 1.807) is 0 Å². The van der Waals surface area contributed by atoms with Crippen molar-refractivity contribution in [3.05, 3.63) is 41.2 Å². The first-order valence-corrected chi connectivity index (χ1v) is 5.39. The van der Waals surface area contributed by atoms with E-state index in [-0.39, 0.29) is 5.89 Å². The summed E-state index contributed by atoms with van der Waals surface area (Å²) in [4.78, 5) is 3.59. The molecular formula is C11H5ClF5NO. The maximum atomic E-state index is 13.5. The molecule has 2 nitrogen and oxygen atoms in total. The molecule has 0 aliphatic heterocycles. The van der Waals surface area contributed by atoms with Gasteiger partial charge < -0.3 is 4.42 Å². The fourth-order valence-electron chi connectivity index (χ4n) is 1.41. The number of oxazole rings is 1. The first-order chi connectivity index (χ1) is 8.84. The first kappa shape index (κ1) is 13.8. The van der Waals surface area contributed by atoms with Crippen LogP contribution in [0.2, 0.25) is 0 Å². The molecule has 8 heteroatoms. The molecule has 0 bridgehead atoms. The highest BCUT2D eigenvalue weighted by molar-refractivity contribution is 6.20. The summed E-state index contributed by atoms with van der Waals surface area (Å²) >= 11 is 5.62. The van der Waals surface area contributed by atoms with Gasteiger partial charge in [0, 0.05) is 0 Å². The van der Waals surface area contributed by atoms with Gasteiger partial charge in [-0.15, -0.1) is 11.6 Å². The van der Waals surface area contributed by atoms with E-state index in [0.717, 1.165) is 6.20 Å². The quantitative estimate of drug-likeness (QED) is 0.357. The molecule has 1 atom stereocenters. The summed E-state index contributed by atoms with van der Waals surface area (Å²) in [6, 6.07) is 0. The molecule has 0 saturated heterocycles. The summed E-state index contributed by atoms with van der Waals surface area (Å²) in [5.41, 5.74) is -1.17. The average Bonchev–Trinajstić information content (AvgIpc) is 2.84. The third-order valence-corrected chi connectivity index (χ3v) is 2.51. The molecule has 102 valence electrons. The van der Waals surface area contributed by atoms with Crippen LogP contribution in [0.15, 0.2) is 10.6 Å². The van der Waals surface area contributed by atoms with Crippen molar-refractivity contribution >= 4 is 11.6 Å². The predicted octanol–water partition coefficient (Wildman–Crippen LogP) is 4.34. The Morgan fingerprint density at radius 2 is 1.47 bits per heavy atom. The maximum absolute atomic E-state index is 13.5. The second-order valence-corrected chi connectivity index (χ2v) is 4.28. The van der Waals surface area contributed by atoms with E-state index in [9.17, 15) is 22.0 Å². The molecule has 0 fully saturated rings. The minimum Gasteiger partial charge on any atom is -0.439 e. The summed E-state index contributed by atoms with van der Waals surface area (Å²) in [5, 5.41) is -0.713. The minimum absolute atomic E-state index is 0.0967. The van der Waals surface area contributed by atoms with E-state index in [4.69, 9.17) is 16.0 Å². The van der Waals surface area contributed by atoms with E-state index in [0.29, 0.717) is 0 Å². The SMILES string of the molecule is CC(Cl)c1ncc(-c2c(F)c(F)c(F)c(F)c2F)o1. The van der Waals surface area contributed by atoms with Gasteiger partial charge in [-0.25, -0.2) is 26.9 Å². The molecule has 0 saturated carbocycles. The van der Waals surface area contributed by atoms with Gasteiger partial charge in [0.25, 0.3) is 0 Å². The van der Waals surface area contributed by atoms with Gasteiger partial charge in [-0.2, -0.15) is 0 Å². The zero-order chi connectivity index (χ0) is 14.3. The number of benzene rings is 1. The lowest BCUT2D eigenvalue weighted by Gasteiger charge is -2.05. The van der Waals surface area contributed by atoms with Crippen molar-refractivity contribution in [2.75, 3.05) is 0 Å². The Bertz CT molecular complexity index is 611. The summed E-state index contributed by atoms with van der Waals surface area (Å²) in [6.07, 6.45) is 0.840. The van der Waals surface area contributed by atoms with Gasteiger partial charge in [0.2, 0.25) is 11.7 Å². The Morgan fingerprint density at radius 1 is 1.00 bits per heavy atom. The summed E-state index contributed by atoms with van der Waals surface area (Å²) in [7, 11) is 0. The number of alkyl halides is 1. The second kappa shape index (κ2) is 4.80. The largest absolute Gasteiger partial charge is 0.439 e. The smallest absolute Gasteiger partial charge is 0.212 e. The molecule has 0 aliphatic rings. The molecule has 1 heterocycles. The number of hydrogen-bond donors (Lipinski definition) is 0. The Balaban J connectivity index is 2.68. The van der Waals surface area contributed by atoms with Crippen LogP contribution in [-0.2, 0) is 0 Å². The van der Waals surface area contributed by atoms with Crippen LogP contribution in [0.4, 0.5) is 22.0 Å². The van der Waals surface area contributed by atoms with Crippen LogP contribution in [0.1, 0.15) is 18.2 Å². The molecule has 19 heavy (non-hydrogen) atoms. The van der Waals surface area contributed by atoms with Crippen molar-refractivity contribution in [1.29, 1.82) is 0 Å². The minimum atomic E-state index is -2.23. The van der Waals surface area contributed by atoms with Gasteiger partial charge in [0.1, 0.15) is 5.38 Å². The highest BCUT2D eigenvalue weighted by atomic mass is 35.5. The van der Waals surface area contributed by atoms with E-state index in [1.807, 2.05) is 0 Å². The molecule has 2 aromatic rings. The van der Waals surface area contributed by atoms with Crippen molar-refractivity contribution in [3.8, 4) is 11.3 Å². The van der Waals surface area contributed by atoms with Crippen LogP contribution in [0.25, 0.3) is 11.3 Å². The Morgan fingerprint density at radius 3 is 1.89 bits per heavy atom. The van der Waals surface area contributed by atoms with Crippen molar-refractivity contribution in [1.82, 2.24) is 4.98 Å². The van der Waals surface area contributed by atoms with Crippen LogP contribution < -0.4 is 0 Å². The lowest BCUT2D eigenvalue weighted by Crippen LogP contribution is -2.03. The van der Waals surface area contributed by atoms with Crippen molar-refractivity contribution < 1.29 is 26.4 Å². The molecular weight excluding hydrogens is 293 g/mol. The van der Waals surface area contributed by atoms with Crippen LogP contribution >= 0.6 is 11.6 Å². The lowest BCUT2D eigenvalue weighted by atomic mass is 10.1. The standard InChI is InChI=1S/C11H5ClF5NO/c1-3(12)11-18-2-4(19-11)5-6(13)8(15)10(17)9(16)7(5)14/h2-3H,1H3. The summed E-state index contributed by atoms with van der Waals surface area (Å²) in [6.45, 7) is 1.47. The Labute approximate surface area is 108 Å². The Hall–Kier alpha value is -1.63. The number of nitrogens with zero attached hydrogens (tertiary/aromatic N) is 1. The lowest BCUT2D eigenvalue weighted by molar-refractivity contribution is 0.378. The molecule has 0 amide bonds. The van der Waals surface area contributed by atoms with Crippen LogP contribution in [0.3, 0.4) is 0 Å². The molecule has 1 aromatic carbocycles. The van der Waals surface area contributed by atoms with Gasteiger partial charge in [-0.05, 0) is 6.92 Å². The molecule has 0 N–H and O–H groups in total. The fraction of sp³-hybridized carbons (Fsp3) is 0.182. The zero-order valence-corrected chi connectivity index (χ0v) is 10.0. The van der Waals surface area contributed by atoms with E-state index >= 15 is 0 Å². The summed E-state index contributed by atoms with van der Waals surface area (Å²) < 4.78 is 70.6. The van der Waals surface area contributed by atoms with Gasteiger partial charge in [0.15, 0.2) is 29.0 Å². The summed E-state index contributed by atoms with van der Waals surface area (Å²) in [5.74, 6) is -11.0. The van der Waals surface area contributed by atoms with E-state index < -0.39 is 45.8 Å². The van der Waals surface area contributed by atoms with Gasteiger partial charge >= 0.3 is 0 Å². The number of aromatic nitrogens is 1. The van der Waals surface area contributed by atoms with Crippen LogP contribution in [0.5, 0.6) is 0 Å². The number of hydrogen-bond acceptors (Lipinski definition) is 2. The van der Waals surface area contributed by atoms with Gasteiger partial charge in [-0.3, -0.25) is 0 Å². The monoisotopic (exact) mass is 297 g/mol. The topological polar surface area (TPSA) is 26.0 Å². The van der Waals surface area contributed by atoms with Crippen molar-refractivity contribution in [3.63, 3.8) is 0 Å². The van der Waals surface area contributed by atoms with Gasteiger partial charge in [-0.1, -0.05) is 0 Å². The molecule has 0 aliphatic carbocycles. The van der Waals surface area contributed by atoms with E-state index in [2.05, 4.69) is 4.98 Å². The highest BCUT2D eigenvalue weighted by Crippen LogP contribution is 2.33. The first-order valence-electron chi connectivity index (χ1n) is 4.96. The number of halogens is 6. The third kappa shape index (κ3) is 2.18. The van der Waals surface area contributed by atoms with E-state index in [1.165, 1.54) is 6.92 Å². The number of rotatable bonds is 2. The normalized spacial score (nSPS) is 12.8. The molecule has 0 radical (unpaired) electrons. The maximum Gasteiger partial charge on any atom is 0.212 e. The highest BCUT2D eigenvalue weighted by Gasteiger charge is 2.28. The van der Waals surface area contributed by atoms with Crippen LogP contribution in [0, 0.1) is 29.1 Å². The fourth-order valence-corrected chi connectivity index (χ4v) is 1.51.